The molecule has 21 heavy (non-hydrogen) atoms. The van der Waals surface area contributed by atoms with Crippen molar-refractivity contribution < 1.29 is 9.53 Å². The molecule has 1 unspecified atom stereocenters. The van der Waals surface area contributed by atoms with E-state index in [0.717, 1.165) is 25.8 Å². The summed E-state index contributed by atoms with van der Waals surface area (Å²) in [5.74, 6) is -0.104. The first-order chi connectivity index (χ1) is 9.84. The molecule has 1 aromatic rings. The first kappa shape index (κ1) is 16.1. The third kappa shape index (κ3) is 3.67. The Morgan fingerprint density at radius 3 is 2.90 bits per heavy atom. The van der Waals surface area contributed by atoms with Crippen molar-refractivity contribution in [3.05, 3.63) is 23.0 Å². The molecule has 0 fully saturated rings. The highest BCUT2D eigenvalue weighted by Crippen LogP contribution is 2.40. The van der Waals surface area contributed by atoms with Gasteiger partial charge in [0.2, 0.25) is 0 Å². The molecule has 0 aromatic carbocycles. The largest absolute Gasteiger partial charge is 0.466 e. The molecule has 0 saturated heterocycles. The lowest BCUT2D eigenvalue weighted by Gasteiger charge is -2.34. The van der Waals surface area contributed by atoms with E-state index in [4.69, 9.17) is 10.5 Å². The van der Waals surface area contributed by atoms with Gasteiger partial charge >= 0.3 is 5.97 Å². The van der Waals surface area contributed by atoms with Crippen molar-refractivity contribution in [1.82, 2.24) is 4.57 Å². The van der Waals surface area contributed by atoms with Crippen molar-refractivity contribution >= 4 is 5.97 Å². The van der Waals surface area contributed by atoms with Gasteiger partial charge in [-0.1, -0.05) is 13.8 Å². The molecule has 0 saturated carbocycles. The van der Waals surface area contributed by atoms with Crippen molar-refractivity contribution in [1.29, 1.82) is 0 Å². The van der Waals surface area contributed by atoms with Crippen LogP contribution in [0, 0.1) is 12.3 Å². The zero-order valence-electron chi connectivity index (χ0n) is 13.7. The minimum absolute atomic E-state index is 0.104. The third-order valence-corrected chi connectivity index (χ3v) is 4.34. The molecule has 0 spiro atoms. The van der Waals surface area contributed by atoms with Crippen LogP contribution in [0.25, 0.3) is 0 Å². The number of nitrogens with two attached hydrogens (primary N) is 1. The van der Waals surface area contributed by atoms with Gasteiger partial charge in [-0.2, -0.15) is 0 Å². The first-order valence-corrected chi connectivity index (χ1v) is 7.94. The lowest BCUT2D eigenvalue weighted by Crippen LogP contribution is -2.30. The highest BCUT2D eigenvalue weighted by molar-refractivity contribution is 5.69. The number of carbonyl (C=O) groups is 1. The number of aromatic nitrogens is 1. The van der Waals surface area contributed by atoms with Crippen LogP contribution in [0.2, 0.25) is 0 Å². The van der Waals surface area contributed by atoms with Crippen LogP contribution in [0.1, 0.15) is 63.0 Å². The third-order valence-electron chi connectivity index (χ3n) is 4.34. The molecule has 0 bridgehead atoms. The number of carbonyl (C=O) groups excluding carboxylic acids is 1. The number of hydrogen-bond acceptors (Lipinski definition) is 3. The zero-order valence-corrected chi connectivity index (χ0v) is 13.7. The molecule has 1 aliphatic carbocycles. The molecule has 0 aliphatic heterocycles. The molecule has 1 heterocycles. The fourth-order valence-electron chi connectivity index (χ4n) is 3.43. The van der Waals surface area contributed by atoms with E-state index in [-0.39, 0.29) is 17.4 Å². The SMILES string of the molecule is CCOC(=O)CCCn1c(C)cc2c1CC(C)(C)CC2N. The summed E-state index contributed by atoms with van der Waals surface area (Å²) < 4.78 is 7.33. The predicted molar refractivity (Wildman–Crippen MR) is 84.1 cm³/mol. The number of hydrogen-bond donors (Lipinski definition) is 1. The van der Waals surface area contributed by atoms with Gasteiger partial charge in [-0.05, 0) is 50.2 Å². The Balaban J connectivity index is 2.09. The summed E-state index contributed by atoms with van der Waals surface area (Å²) >= 11 is 0. The van der Waals surface area contributed by atoms with Crippen LogP contribution in [-0.2, 0) is 22.5 Å². The van der Waals surface area contributed by atoms with E-state index in [2.05, 4.69) is 31.4 Å². The summed E-state index contributed by atoms with van der Waals surface area (Å²) in [7, 11) is 0. The maximum Gasteiger partial charge on any atom is 0.305 e. The summed E-state index contributed by atoms with van der Waals surface area (Å²) in [6.07, 6.45) is 3.39. The van der Waals surface area contributed by atoms with Gasteiger partial charge in [-0.3, -0.25) is 4.79 Å². The zero-order chi connectivity index (χ0) is 15.6. The summed E-state index contributed by atoms with van der Waals surface area (Å²) in [5.41, 5.74) is 10.5. The Hall–Kier alpha value is -1.29. The smallest absolute Gasteiger partial charge is 0.305 e. The average molecular weight is 292 g/mol. The average Bonchev–Trinajstić information content (AvgIpc) is 2.66. The Kier molecular flexibility index (Phi) is 4.77. The molecule has 2 N–H and O–H groups in total. The summed E-state index contributed by atoms with van der Waals surface area (Å²) in [6, 6.07) is 2.35. The van der Waals surface area contributed by atoms with Crippen molar-refractivity contribution in [3.63, 3.8) is 0 Å². The van der Waals surface area contributed by atoms with Gasteiger partial charge in [0, 0.05) is 30.4 Å². The number of aryl methyl sites for hydroxylation is 1. The molecule has 1 aliphatic rings. The normalized spacial score (nSPS) is 20.1. The van der Waals surface area contributed by atoms with E-state index in [9.17, 15) is 4.79 Å². The van der Waals surface area contributed by atoms with Crippen LogP contribution in [-0.4, -0.2) is 17.1 Å². The van der Waals surface area contributed by atoms with E-state index < -0.39 is 0 Å². The molecule has 1 atom stereocenters. The van der Waals surface area contributed by atoms with Gasteiger partial charge in [0.15, 0.2) is 0 Å². The molecule has 2 rings (SSSR count). The standard InChI is InChI=1S/C17H28N2O2/c1-5-21-16(20)7-6-8-19-12(2)9-13-14(18)10-17(3,4)11-15(13)19/h9,14H,5-8,10-11,18H2,1-4H3. The van der Waals surface area contributed by atoms with Gasteiger partial charge in [0.05, 0.1) is 6.61 Å². The lowest BCUT2D eigenvalue weighted by molar-refractivity contribution is -0.143. The second-order valence-electron chi connectivity index (χ2n) is 6.90. The Bertz CT molecular complexity index is 517. The van der Waals surface area contributed by atoms with Crippen LogP contribution in [0.3, 0.4) is 0 Å². The van der Waals surface area contributed by atoms with Gasteiger partial charge in [-0.15, -0.1) is 0 Å². The van der Waals surface area contributed by atoms with Gasteiger partial charge in [0.1, 0.15) is 0 Å². The van der Waals surface area contributed by atoms with E-state index in [1.807, 2.05) is 6.92 Å². The quantitative estimate of drug-likeness (QED) is 0.848. The Morgan fingerprint density at radius 1 is 1.52 bits per heavy atom. The number of rotatable bonds is 5. The number of nitrogens with zero attached hydrogens (tertiary/aromatic N) is 1. The second kappa shape index (κ2) is 6.22. The summed E-state index contributed by atoms with van der Waals surface area (Å²) in [5, 5.41) is 0. The monoisotopic (exact) mass is 292 g/mol. The van der Waals surface area contributed by atoms with Gasteiger partial charge in [0.25, 0.3) is 0 Å². The molecule has 118 valence electrons. The fraction of sp³-hybridized carbons (Fsp3) is 0.706. The molecule has 4 nitrogen and oxygen atoms in total. The summed E-state index contributed by atoms with van der Waals surface area (Å²) in [4.78, 5) is 11.4. The predicted octanol–water partition coefficient (Wildman–Crippen LogP) is 3.11. The van der Waals surface area contributed by atoms with Crippen LogP contribution in [0.4, 0.5) is 0 Å². The number of fused-ring (bicyclic) bond motifs is 1. The van der Waals surface area contributed by atoms with Gasteiger partial charge in [-0.25, -0.2) is 0 Å². The molecule has 4 heteroatoms. The van der Waals surface area contributed by atoms with Crippen molar-refractivity contribution in [2.24, 2.45) is 11.1 Å². The Morgan fingerprint density at radius 2 is 2.24 bits per heavy atom. The van der Waals surface area contributed by atoms with E-state index in [1.54, 1.807) is 0 Å². The molecule has 0 amide bonds. The maximum absolute atomic E-state index is 11.4. The fourth-order valence-corrected chi connectivity index (χ4v) is 3.43. The molecular formula is C17H28N2O2. The van der Waals surface area contributed by atoms with Crippen LogP contribution in [0.5, 0.6) is 0 Å². The van der Waals surface area contributed by atoms with Crippen LogP contribution >= 0.6 is 0 Å². The van der Waals surface area contributed by atoms with Crippen molar-refractivity contribution in [2.45, 2.75) is 66.0 Å². The van der Waals surface area contributed by atoms with Crippen LogP contribution in [0.15, 0.2) is 6.07 Å². The lowest BCUT2D eigenvalue weighted by atomic mass is 9.74. The highest BCUT2D eigenvalue weighted by Gasteiger charge is 2.33. The first-order valence-electron chi connectivity index (χ1n) is 7.94. The van der Waals surface area contributed by atoms with Crippen molar-refractivity contribution in [2.75, 3.05) is 6.61 Å². The second-order valence-corrected chi connectivity index (χ2v) is 6.90. The highest BCUT2D eigenvalue weighted by atomic mass is 16.5. The molecule has 1 aromatic heterocycles. The Labute approximate surface area is 127 Å². The molecule has 0 radical (unpaired) electrons. The van der Waals surface area contributed by atoms with Crippen molar-refractivity contribution in [3.8, 4) is 0 Å². The number of esters is 1. The maximum atomic E-state index is 11.4. The van der Waals surface area contributed by atoms with E-state index >= 15 is 0 Å². The minimum Gasteiger partial charge on any atom is -0.466 e. The van der Waals surface area contributed by atoms with E-state index in [0.29, 0.717) is 13.0 Å². The molecular weight excluding hydrogens is 264 g/mol. The van der Waals surface area contributed by atoms with E-state index in [1.165, 1.54) is 17.0 Å². The number of ether oxygens (including phenoxy) is 1. The minimum atomic E-state index is -0.104. The van der Waals surface area contributed by atoms with Crippen LogP contribution < -0.4 is 5.73 Å². The topological polar surface area (TPSA) is 57.2 Å². The van der Waals surface area contributed by atoms with Gasteiger partial charge < -0.3 is 15.0 Å². The summed E-state index contributed by atoms with van der Waals surface area (Å²) in [6.45, 7) is 9.85.